The Bertz CT molecular complexity index is 724. The summed E-state index contributed by atoms with van der Waals surface area (Å²) in [7, 11) is 0. The van der Waals surface area contributed by atoms with Crippen molar-refractivity contribution < 1.29 is 0 Å². The third-order valence-electron chi connectivity index (χ3n) is 2.94. The minimum Gasteiger partial charge on any atom is -0.293 e. The SMILES string of the molecule is Cc1ccc(=O)n(-c2ccc(C3=CC=NCC3)s2)n1. The molecule has 0 unspecified atom stereocenters. The maximum absolute atomic E-state index is 11.8. The van der Waals surface area contributed by atoms with Gasteiger partial charge in [0.1, 0.15) is 5.00 Å². The van der Waals surface area contributed by atoms with Crippen molar-refractivity contribution in [2.75, 3.05) is 6.54 Å². The van der Waals surface area contributed by atoms with Gasteiger partial charge in [-0.2, -0.15) is 9.78 Å². The predicted octanol–water partition coefficient (Wildman–Crippen LogP) is 2.46. The van der Waals surface area contributed by atoms with Crippen LogP contribution in [0.2, 0.25) is 0 Å². The average molecular weight is 271 g/mol. The number of aryl methyl sites for hydroxylation is 1. The van der Waals surface area contributed by atoms with Crippen LogP contribution in [0.1, 0.15) is 17.0 Å². The van der Waals surface area contributed by atoms with Gasteiger partial charge in [0.25, 0.3) is 5.56 Å². The highest BCUT2D eigenvalue weighted by molar-refractivity contribution is 7.15. The quantitative estimate of drug-likeness (QED) is 0.842. The molecule has 0 amide bonds. The van der Waals surface area contributed by atoms with Crippen molar-refractivity contribution in [2.24, 2.45) is 4.99 Å². The molecule has 0 saturated carbocycles. The highest BCUT2D eigenvalue weighted by atomic mass is 32.1. The smallest absolute Gasteiger partial charge is 0.272 e. The van der Waals surface area contributed by atoms with E-state index in [-0.39, 0.29) is 5.56 Å². The molecule has 0 spiro atoms. The first-order chi connectivity index (χ1) is 9.24. The summed E-state index contributed by atoms with van der Waals surface area (Å²) < 4.78 is 1.46. The second-order valence-electron chi connectivity index (χ2n) is 4.36. The van der Waals surface area contributed by atoms with E-state index in [4.69, 9.17) is 0 Å². The lowest BCUT2D eigenvalue weighted by Crippen LogP contribution is -2.19. The molecule has 0 atom stereocenters. The molecule has 3 heterocycles. The molecule has 96 valence electrons. The molecular weight excluding hydrogens is 258 g/mol. The molecule has 2 aromatic rings. The molecule has 0 saturated heterocycles. The third-order valence-corrected chi connectivity index (χ3v) is 4.08. The van der Waals surface area contributed by atoms with Crippen LogP contribution < -0.4 is 5.56 Å². The molecule has 1 aliphatic heterocycles. The summed E-state index contributed by atoms with van der Waals surface area (Å²) in [6.07, 6.45) is 4.83. The molecular formula is C14H13N3OS. The van der Waals surface area contributed by atoms with Gasteiger partial charge in [-0.1, -0.05) is 0 Å². The Labute approximate surface area is 114 Å². The summed E-state index contributed by atoms with van der Waals surface area (Å²) >= 11 is 1.59. The molecule has 0 aliphatic carbocycles. The number of thiophene rings is 1. The molecule has 0 N–H and O–H groups in total. The number of aromatic nitrogens is 2. The number of aliphatic imine (C=N–C) groups is 1. The Kier molecular flexibility index (Phi) is 3.13. The van der Waals surface area contributed by atoms with Gasteiger partial charge in [0.05, 0.1) is 5.69 Å². The van der Waals surface area contributed by atoms with Crippen LogP contribution >= 0.6 is 11.3 Å². The van der Waals surface area contributed by atoms with Gasteiger partial charge in [-0.15, -0.1) is 11.3 Å². The summed E-state index contributed by atoms with van der Waals surface area (Å²) in [5, 5.41) is 5.12. The monoisotopic (exact) mass is 271 g/mol. The zero-order valence-electron chi connectivity index (χ0n) is 10.5. The summed E-state index contributed by atoms with van der Waals surface area (Å²) in [6.45, 7) is 2.71. The zero-order valence-corrected chi connectivity index (χ0v) is 11.4. The first-order valence-electron chi connectivity index (χ1n) is 6.10. The van der Waals surface area contributed by atoms with Gasteiger partial charge in [-0.05, 0) is 43.2 Å². The second kappa shape index (κ2) is 4.93. The molecule has 2 aromatic heterocycles. The molecule has 0 aromatic carbocycles. The fourth-order valence-corrected chi connectivity index (χ4v) is 2.98. The van der Waals surface area contributed by atoms with Crippen LogP contribution in [0, 0.1) is 6.92 Å². The van der Waals surface area contributed by atoms with E-state index < -0.39 is 0 Å². The highest BCUT2D eigenvalue weighted by Gasteiger charge is 2.09. The summed E-state index contributed by atoms with van der Waals surface area (Å²) in [4.78, 5) is 17.2. The molecule has 0 radical (unpaired) electrons. The lowest BCUT2D eigenvalue weighted by atomic mass is 10.1. The number of rotatable bonds is 2. The summed E-state index contributed by atoms with van der Waals surface area (Å²) in [6, 6.07) is 7.27. The molecule has 3 rings (SSSR count). The van der Waals surface area contributed by atoms with Gasteiger partial charge in [-0.3, -0.25) is 9.79 Å². The molecule has 0 fully saturated rings. The first-order valence-corrected chi connectivity index (χ1v) is 6.92. The topological polar surface area (TPSA) is 47.2 Å². The number of hydrogen-bond acceptors (Lipinski definition) is 4. The van der Waals surface area contributed by atoms with E-state index in [0.29, 0.717) is 0 Å². The van der Waals surface area contributed by atoms with Gasteiger partial charge in [0, 0.05) is 23.7 Å². The van der Waals surface area contributed by atoms with E-state index in [1.54, 1.807) is 23.5 Å². The Morgan fingerprint density at radius 1 is 1.26 bits per heavy atom. The van der Waals surface area contributed by atoms with Gasteiger partial charge < -0.3 is 0 Å². The lowest BCUT2D eigenvalue weighted by molar-refractivity contribution is 0.797. The van der Waals surface area contributed by atoms with Crippen LogP contribution in [0.25, 0.3) is 10.6 Å². The van der Waals surface area contributed by atoms with Crippen LogP contribution in [-0.4, -0.2) is 22.5 Å². The van der Waals surface area contributed by atoms with Crippen LogP contribution in [0.4, 0.5) is 0 Å². The Hall–Kier alpha value is -2.01. The molecule has 4 nitrogen and oxygen atoms in total. The van der Waals surface area contributed by atoms with E-state index >= 15 is 0 Å². The van der Waals surface area contributed by atoms with E-state index in [9.17, 15) is 4.79 Å². The maximum Gasteiger partial charge on any atom is 0.272 e. The van der Waals surface area contributed by atoms with E-state index in [2.05, 4.69) is 10.1 Å². The number of allylic oxidation sites excluding steroid dienone is 1. The normalized spacial score (nSPS) is 14.5. The number of hydrogen-bond donors (Lipinski definition) is 0. The third kappa shape index (κ3) is 2.42. The first kappa shape index (κ1) is 12.0. The molecule has 0 bridgehead atoms. The van der Waals surface area contributed by atoms with Crippen LogP contribution in [0.3, 0.4) is 0 Å². The van der Waals surface area contributed by atoms with Crippen molar-refractivity contribution in [1.82, 2.24) is 9.78 Å². The van der Waals surface area contributed by atoms with E-state index in [1.807, 2.05) is 31.3 Å². The maximum atomic E-state index is 11.8. The Morgan fingerprint density at radius 3 is 2.95 bits per heavy atom. The Morgan fingerprint density at radius 2 is 2.16 bits per heavy atom. The van der Waals surface area contributed by atoms with Crippen LogP contribution in [0.5, 0.6) is 0 Å². The van der Waals surface area contributed by atoms with Gasteiger partial charge in [-0.25, -0.2) is 0 Å². The minimum absolute atomic E-state index is 0.0989. The van der Waals surface area contributed by atoms with Gasteiger partial charge >= 0.3 is 0 Å². The number of dihydropyridines is 1. The predicted molar refractivity (Wildman–Crippen MR) is 78.4 cm³/mol. The zero-order chi connectivity index (χ0) is 13.2. The van der Waals surface area contributed by atoms with Crippen LogP contribution in [0.15, 0.2) is 40.1 Å². The van der Waals surface area contributed by atoms with Crippen molar-refractivity contribution in [1.29, 1.82) is 0 Å². The van der Waals surface area contributed by atoms with Crippen molar-refractivity contribution >= 4 is 23.1 Å². The van der Waals surface area contributed by atoms with Crippen LogP contribution in [-0.2, 0) is 0 Å². The molecule has 19 heavy (non-hydrogen) atoms. The summed E-state index contributed by atoms with van der Waals surface area (Å²) in [5.74, 6) is 0. The average Bonchev–Trinajstić information content (AvgIpc) is 2.92. The van der Waals surface area contributed by atoms with Crippen molar-refractivity contribution in [3.05, 3.63) is 51.3 Å². The fourth-order valence-electron chi connectivity index (χ4n) is 1.97. The number of nitrogens with zero attached hydrogens (tertiary/aromatic N) is 3. The summed E-state index contributed by atoms with van der Waals surface area (Å²) in [5.41, 5.74) is 2.00. The van der Waals surface area contributed by atoms with Crippen molar-refractivity contribution in [2.45, 2.75) is 13.3 Å². The minimum atomic E-state index is -0.0989. The lowest BCUT2D eigenvalue weighted by Gasteiger charge is -2.05. The van der Waals surface area contributed by atoms with Gasteiger partial charge in [0.2, 0.25) is 0 Å². The molecule has 1 aliphatic rings. The van der Waals surface area contributed by atoms with E-state index in [1.165, 1.54) is 15.1 Å². The van der Waals surface area contributed by atoms with Gasteiger partial charge in [0.15, 0.2) is 0 Å². The highest BCUT2D eigenvalue weighted by Crippen LogP contribution is 2.28. The standard InChI is InChI=1S/C14H13N3OS/c1-10-2-4-13(18)17(16-10)14-5-3-12(19-14)11-6-8-15-9-7-11/h2-6,8H,7,9H2,1H3. The second-order valence-corrected chi connectivity index (χ2v) is 5.42. The van der Waals surface area contributed by atoms with Crippen molar-refractivity contribution in [3.63, 3.8) is 0 Å². The molecule has 5 heteroatoms. The Balaban J connectivity index is 2.01. The van der Waals surface area contributed by atoms with Crippen molar-refractivity contribution in [3.8, 4) is 5.00 Å². The fraction of sp³-hybridized carbons (Fsp3) is 0.214. The largest absolute Gasteiger partial charge is 0.293 e. The van der Waals surface area contributed by atoms with E-state index in [0.717, 1.165) is 23.7 Å².